The van der Waals surface area contributed by atoms with Crippen LogP contribution in [-0.2, 0) is 10.0 Å². The fourth-order valence-corrected chi connectivity index (χ4v) is 5.36. The summed E-state index contributed by atoms with van der Waals surface area (Å²) in [4.78, 5) is 2.35. The summed E-state index contributed by atoms with van der Waals surface area (Å²) in [5, 5.41) is 9.59. The van der Waals surface area contributed by atoms with Crippen LogP contribution in [0.4, 0.5) is 0 Å². The van der Waals surface area contributed by atoms with Gasteiger partial charge in [0, 0.05) is 29.5 Å². The second kappa shape index (κ2) is 9.01. The van der Waals surface area contributed by atoms with Crippen molar-refractivity contribution in [3.05, 3.63) is 22.7 Å². The van der Waals surface area contributed by atoms with Crippen LogP contribution in [0.3, 0.4) is 0 Å². The average molecular weight is 449 g/mol. The van der Waals surface area contributed by atoms with E-state index in [1.807, 2.05) is 14.0 Å². The van der Waals surface area contributed by atoms with Gasteiger partial charge in [-0.3, -0.25) is 0 Å². The molecule has 0 amide bonds. The number of ether oxygens (including phenoxy) is 1. The Morgan fingerprint density at radius 1 is 1.46 bits per heavy atom. The number of aliphatic hydroxyl groups excluding tert-OH is 1. The summed E-state index contributed by atoms with van der Waals surface area (Å²) >= 11 is 3.40. The van der Waals surface area contributed by atoms with Gasteiger partial charge in [0.2, 0.25) is 10.0 Å². The molecule has 1 aliphatic rings. The van der Waals surface area contributed by atoms with Crippen molar-refractivity contribution in [2.75, 3.05) is 33.3 Å². The predicted molar refractivity (Wildman–Crippen MR) is 106 cm³/mol. The first-order valence-corrected chi connectivity index (χ1v) is 11.2. The number of nitrogens with zero attached hydrogens (tertiary/aromatic N) is 2. The molecule has 1 aromatic carbocycles. The second-order valence-electron chi connectivity index (χ2n) is 7.09. The molecule has 0 bridgehead atoms. The SMILES string of the molecule is CCCN(C)C[C@@H]1Oc2cc(Br)ccc2S(=O)(=O)N([C@@H](C)CO)C[C@@H]1C. The number of hydrogen-bond acceptors (Lipinski definition) is 5. The normalized spacial score (nSPS) is 24.4. The molecule has 0 fully saturated rings. The summed E-state index contributed by atoms with van der Waals surface area (Å²) in [7, 11) is -1.71. The molecule has 0 aliphatic carbocycles. The second-order valence-corrected chi connectivity index (χ2v) is 9.87. The van der Waals surface area contributed by atoms with Gasteiger partial charge in [-0.25, -0.2) is 8.42 Å². The standard InChI is InChI=1S/C18H29BrN2O4S/c1-5-8-20(4)11-17-13(2)10-21(14(3)12-22)26(23,24)18-7-6-15(19)9-16(18)25-17/h6-7,9,13-14,17,22H,5,8,10-12H2,1-4H3/t13-,14-,17-/m0/s1. The topological polar surface area (TPSA) is 70.1 Å². The van der Waals surface area contributed by atoms with Crippen LogP contribution in [0.1, 0.15) is 27.2 Å². The Kier molecular flexibility index (Phi) is 7.50. The number of hydrogen-bond donors (Lipinski definition) is 1. The smallest absolute Gasteiger partial charge is 0.247 e. The zero-order chi connectivity index (χ0) is 19.5. The molecule has 1 heterocycles. The molecule has 148 valence electrons. The molecule has 0 saturated carbocycles. The molecule has 0 radical (unpaired) electrons. The van der Waals surface area contributed by atoms with E-state index < -0.39 is 16.1 Å². The largest absolute Gasteiger partial charge is 0.487 e. The van der Waals surface area contributed by atoms with Crippen LogP contribution in [0, 0.1) is 5.92 Å². The lowest BCUT2D eigenvalue weighted by molar-refractivity contribution is 0.0752. The van der Waals surface area contributed by atoms with E-state index in [9.17, 15) is 13.5 Å². The Hall–Kier alpha value is -0.670. The van der Waals surface area contributed by atoms with Gasteiger partial charge in [0.05, 0.1) is 6.61 Å². The molecular formula is C18H29BrN2O4S. The third-order valence-electron chi connectivity index (χ3n) is 4.73. The molecule has 0 unspecified atom stereocenters. The van der Waals surface area contributed by atoms with Gasteiger partial charge < -0.3 is 14.7 Å². The third kappa shape index (κ3) is 4.78. The van der Waals surface area contributed by atoms with Crippen LogP contribution >= 0.6 is 15.9 Å². The fourth-order valence-electron chi connectivity index (χ4n) is 3.20. The van der Waals surface area contributed by atoms with Crippen LogP contribution in [0.25, 0.3) is 0 Å². The Labute approximate surface area is 165 Å². The van der Waals surface area contributed by atoms with Crippen molar-refractivity contribution in [2.24, 2.45) is 5.92 Å². The molecule has 8 heteroatoms. The highest BCUT2D eigenvalue weighted by Gasteiger charge is 2.37. The minimum absolute atomic E-state index is 0.0230. The van der Waals surface area contributed by atoms with E-state index in [-0.39, 0.29) is 23.5 Å². The first-order chi connectivity index (χ1) is 12.2. The van der Waals surface area contributed by atoms with Gasteiger partial charge in [-0.15, -0.1) is 0 Å². The predicted octanol–water partition coefficient (Wildman–Crippen LogP) is 2.56. The van der Waals surface area contributed by atoms with Gasteiger partial charge >= 0.3 is 0 Å². The molecule has 0 saturated heterocycles. The van der Waals surface area contributed by atoms with Crippen LogP contribution in [0.2, 0.25) is 0 Å². The van der Waals surface area contributed by atoms with Gasteiger partial charge in [0.25, 0.3) is 0 Å². The molecule has 3 atom stereocenters. The summed E-state index contributed by atoms with van der Waals surface area (Å²) in [6.07, 6.45) is 0.894. The molecule has 1 aromatic rings. The van der Waals surface area contributed by atoms with E-state index in [1.54, 1.807) is 25.1 Å². The van der Waals surface area contributed by atoms with E-state index >= 15 is 0 Å². The molecular weight excluding hydrogens is 420 g/mol. The van der Waals surface area contributed by atoms with Gasteiger partial charge in [-0.2, -0.15) is 4.31 Å². The number of halogens is 1. The summed E-state index contributed by atoms with van der Waals surface area (Å²) < 4.78 is 34.7. The number of rotatable bonds is 6. The molecule has 0 aromatic heterocycles. The van der Waals surface area contributed by atoms with Gasteiger partial charge in [-0.05, 0) is 45.1 Å². The number of fused-ring (bicyclic) bond motifs is 1. The maximum Gasteiger partial charge on any atom is 0.247 e. The Morgan fingerprint density at radius 3 is 2.77 bits per heavy atom. The van der Waals surface area contributed by atoms with Crippen molar-refractivity contribution in [2.45, 2.75) is 44.2 Å². The van der Waals surface area contributed by atoms with E-state index in [2.05, 4.69) is 27.8 Å². The van der Waals surface area contributed by atoms with Gasteiger partial charge in [-0.1, -0.05) is 29.8 Å². The Bertz CT molecular complexity index is 713. The lowest BCUT2D eigenvalue weighted by Crippen LogP contribution is -2.49. The molecule has 0 spiro atoms. The number of sulfonamides is 1. The number of aliphatic hydroxyl groups is 1. The minimum atomic E-state index is -3.75. The zero-order valence-corrected chi connectivity index (χ0v) is 18.3. The highest BCUT2D eigenvalue weighted by Crippen LogP contribution is 2.35. The van der Waals surface area contributed by atoms with Crippen LogP contribution in [0.5, 0.6) is 5.75 Å². The Morgan fingerprint density at radius 2 is 2.15 bits per heavy atom. The van der Waals surface area contributed by atoms with Crippen LogP contribution < -0.4 is 4.74 Å². The number of benzene rings is 1. The van der Waals surface area contributed by atoms with E-state index in [0.29, 0.717) is 18.8 Å². The van der Waals surface area contributed by atoms with E-state index in [0.717, 1.165) is 17.4 Å². The van der Waals surface area contributed by atoms with Crippen molar-refractivity contribution >= 4 is 26.0 Å². The fraction of sp³-hybridized carbons (Fsp3) is 0.667. The van der Waals surface area contributed by atoms with Gasteiger partial charge in [0.1, 0.15) is 16.7 Å². The summed E-state index contributed by atoms with van der Waals surface area (Å²) in [5.41, 5.74) is 0. The minimum Gasteiger partial charge on any atom is -0.487 e. The molecule has 6 nitrogen and oxygen atoms in total. The van der Waals surface area contributed by atoms with Crippen molar-refractivity contribution < 1.29 is 18.3 Å². The maximum atomic E-state index is 13.2. The van der Waals surface area contributed by atoms with Crippen molar-refractivity contribution in [3.63, 3.8) is 0 Å². The summed E-state index contributed by atoms with van der Waals surface area (Å²) in [6, 6.07) is 4.48. The van der Waals surface area contributed by atoms with Crippen molar-refractivity contribution in [1.29, 1.82) is 0 Å². The van der Waals surface area contributed by atoms with Gasteiger partial charge in [0.15, 0.2) is 0 Å². The number of likely N-dealkylation sites (N-methyl/N-ethyl adjacent to an activating group) is 1. The quantitative estimate of drug-likeness (QED) is 0.723. The molecule has 2 rings (SSSR count). The van der Waals surface area contributed by atoms with Crippen molar-refractivity contribution in [1.82, 2.24) is 9.21 Å². The zero-order valence-electron chi connectivity index (χ0n) is 15.9. The Balaban J connectivity index is 2.49. The highest BCUT2D eigenvalue weighted by atomic mass is 79.9. The van der Waals surface area contributed by atoms with Crippen LogP contribution in [-0.4, -0.2) is 68.2 Å². The lowest BCUT2D eigenvalue weighted by Gasteiger charge is -2.37. The van der Waals surface area contributed by atoms with E-state index in [1.165, 1.54) is 4.31 Å². The highest BCUT2D eigenvalue weighted by molar-refractivity contribution is 9.10. The third-order valence-corrected chi connectivity index (χ3v) is 7.24. The first-order valence-electron chi connectivity index (χ1n) is 8.98. The molecule has 26 heavy (non-hydrogen) atoms. The summed E-state index contributed by atoms with van der Waals surface area (Å²) in [5.74, 6) is 0.334. The lowest BCUT2D eigenvalue weighted by atomic mass is 10.0. The summed E-state index contributed by atoms with van der Waals surface area (Å²) in [6.45, 7) is 7.60. The monoisotopic (exact) mass is 448 g/mol. The molecule has 1 N–H and O–H groups in total. The van der Waals surface area contributed by atoms with Crippen LogP contribution in [0.15, 0.2) is 27.6 Å². The van der Waals surface area contributed by atoms with Crippen molar-refractivity contribution in [3.8, 4) is 5.75 Å². The van der Waals surface area contributed by atoms with E-state index in [4.69, 9.17) is 4.74 Å². The molecule has 1 aliphatic heterocycles. The maximum absolute atomic E-state index is 13.2. The first kappa shape index (κ1) is 21.6. The average Bonchev–Trinajstić information content (AvgIpc) is 2.57.